The van der Waals surface area contributed by atoms with E-state index < -0.39 is 57.0 Å². The molecule has 0 saturated carbocycles. The Bertz CT molecular complexity index is 1180. The molecule has 2 amide bonds. The fraction of sp³-hybridized carbons (Fsp3) is 0.350. The third-order valence-electron chi connectivity index (χ3n) is 5.33. The van der Waals surface area contributed by atoms with Crippen molar-refractivity contribution >= 4 is 29.5 Å². The van der Waals surface area contributed by atoms with Crippen LogP contribution < -0.4 is 10.9 Å². The number of aromatic nitrogens is 2. The summed E-state index contributed by atoms with van der Waals surface area (Å²) in [5, 5.41) is 25.6. The predicted octanol–water partition coefficient (Wildman–Crippen LogP) is 0.492. The van der Waals surface area contributed by atoms with E-state index in [1.54, 1.807) is 32.0 Å². The Labute approximate surface area is 180 Å². The van der Waals surface area contributed by atoms with Crippen LogP contribution in [0, 0.1) is 6.92 Å². The Morgan fingerprint density at radius 1 is 1.23 bits per heavy atom. The molecule has 31 heavy (non-hydrogen) atoms. The molecular formula is C20H20N4O6S. The van der Waals surface area contributed by atoms with Crippen LogP contribution in [0.3, 0.4) is 0 Å². The van der Waals surface area contributed by atoms with Crippen LogP contribution in [0.25, 0.3) is 5.69 Å². The predicted molar refractivity (Wildman–Crippen MR) is 111 cm³/mol. The number of hydrogen-bond donors (Lipinski definition) is 3. The number of thioether (sulfide) groups is 1. The van der Waals surface area contributed by atoms with E-state index >= 15 is 0 Å². The highest BCUT2D eigenvalue weighted by atomic mass is 32.2. The van der Waals surface area contributed by atoms with E-state index in [1.807, 2.05) is 13.0 Å². The van der Waals surface area contributed by atoms with Gasteiger partial charge in [0.05, 0.1) is 5.69 Å². The summed E-state index contributed by atoms with van der Waals surface area (Å²) in [6, 6.07) is 5.82. The number of nitrogens with zero attached hydrogens (tertiary/aromatic N) is 3. The van der Waals surface area contributed by atoms with Crippen molar-refractivity contribution in [2.45, 2.75) is 43.0 Å². The number of carboxylic acid groups (broad SMARTS) is 1. The second-order valence-electron chi connectivity index (χ2n) is 8.02. The number of carboxylic acids is 1. The molecular weight excluding hydrogens is 424 g/mol. The number of β-lactam (4-membered cyclic amide) rings is 1. The summed E-state index contributed by atoms with van der Waals surface area (Å²) < 4.78 is 0.259. The lowest BCUT2D eigenvalue weighted by molar-refractivity contribution is -0.159. The molecule has 2 fully saturated rings. The minimum atomic E-state index is -1.11. The molecule has 3 N–H and O–H groups in total. The Morgan fingerprint density at radius 3 is 2.58 bits per heavy atom. The number of rotatable bonds is 4. The molecule has 2 aliphatic rings. The lowest BCUT2D eigenvalue weighted by Crippen LogP contribution is -2.70. The molecule has 4 rings (SSSR count). The Balaban J connectivity index is 1.60. The number of hydrogen-bond acceptors (Lipinski definition) is 7. The van der Waals surface area contributed by atoms with E-state index in [9.17, 15) is 29.4 Å². The average molecular weight is 444 g/mol. The summed E-state index contributed by atoms with van der Waals surface area (Å²) in [5.41, 5.74) is 0.258. The third kappa shape index (κ3) is 3.34. The monoisotopic (exact) mass is 444 g/mol. The first-order valence-corrected chi connectivity index (χ1v) is 10.3. The van der Waals surface area contributed by atoms with Crippen LogP contribution in [0.2, 0.25) is 0 Å². The van der Waals surface area contributed by atoms with E-state index in [2.05, 4.69) is 10.4 Å². The maximum Gasteiger partial charge on any atom is 0.327 e. The fourth-order valence-corrected chi connectivity index (χ4v) is 5.53. The average Bonchev–Trinajstić information content (AvgIpc) is 2.94. The Kier molecular flexibility index (Phi) is 4.80. The van der Waals surface area contributed by atoms with E-state index in [0.29, 0.717) is 5.69 Å². The fourth-order valence-electron chi connectivity index (χ4n) is 3.91. The van der Waals surface area contributed by atoms with Gasteiger partial charge in [-0.05, 0) is 38.5 Å². The van der Waals surface area contributed by atoms with Crippen molar-refractivity contribution in [1.82, 2.24) is 20.0 Å². The first-order chi connectivity index (χ1) is 14.5. The molecule has 3 heterocycles. The van der Waals surface area contributed by atoms with E-state index in [1.165, 1.54) is 16.7 Å². The summed E-state index contributed by atoms with van der Waals surface area (Å²) >= 11 is 1.28. The summed E-state index contributed by atoms with van der Waals surface area (Å²) in [6.45, 7) is 5.29. The van der Waals surface area contributed by atoms with Crippen molar-refractivity contribution in [2.75, 3.05) is 0 Å². The zero-order chi connectivity index (χ0) is 22.7. The van der Waals surface area contributed by atoms with Crippen LogP contribution >= 0.6 is 11.8 Å². The third-order valence-corrected chi connectivity index (χ3v) is 6.91. The van der Waals surface area contributed by atoms with Crippen molar-refractivity contribution in [1.29, 1.82) is 0 Å². The molecule has 0 radical (unpaired) electrons. The van der Waals surface area contributed by atoms with Gasteiger partial charge in [-0.25, -0.2) is 4.79 Å². The maximum absolute atomic E-state index is 12.8. The Hall–Kier alpha value is -3.34. The van der Waals surface area contributed by atoms with Gasteiger partial charge in [0.25, 0.3) is 11.5 Å². The highest BCUT2D eigenvalue weighted by Crippen LogP contribution is 2.50. The highest BCUT2D eigenvalue weighted by Gasteiger charge is 2.64. The molecule has 0 unspecified atom stereocenters. The molecule has 1 aromatic carbocycles. The van der Waals surface area contributed by atoms with Crippen molar-refractivity contribution < 1.29 is 24.6 Å². The van der Waals surface area contributed by atoms with Crippen LogP contribution in [0.5, 0.6) is 5.75 Å². The number of fused-ring (bicyclic) bond motifs is 1. The quantitative estimate of drug-likeness (QED) is 0.579. The van der Waals surface area contributed by atoms with Crippen LogP contribution in [-0.4, -0.2) is 64.9 Å². The number of benzene rings is 1. The van der Waals surface area contributed by atoms with Gasteiger partial charge in [0.15, 0.2) is 11.4 Å². The van der Waals surface area contributed by atoms with Gasteiger partial charge >= 0.3 is 5.97 Å². The number of carbonyl (C=O) groups is 3. The van der Waals surface area contributed by atoms with Crippen LogP contribution in [0.15, 0.2) is 35.1 Å². The van der Waals surface area contributed by atoms with Crippen LogP contribution in [-0.2, 0) is 9.59 Å². The highest BCUT2D eigenvalue weighted by molar-refractivity contribution is 8.01. The zero-order valence-electron chi connectivity index (χ0n) is 16.9. The van der Waals surface area contributed by atoms with Gasteiger partial charge in [-0.1, -0.05) is 12.1 Å². The first kappa shape index (κ1) is 20.9. The molecule has 2 saturated heterocycles. The normalized spacial score (nSPS) is 23.8. The summed E-state index contributed by atoms with van der Waals surface area (Å²) in [7, 11) is 0. The molecule has 3 atom stereocenters. The standard InChI is InChI=1S/C20H20N4O6S/c1-9-5-4-6-10(7-9)24-12(26)8-11(25)13(22-24)16(27)21-14-17(28)23-15(19(29)30)20(2,3)31-18(14)23/h4-8,14-15,18,25H,1-3H3,(H,21,27)(H,29,30)/t14-,15+,18-/m1/s1. The summed E-state index contributed by atoms with van der Waals surface area (Å²) in [6.07, 6.45) is 0. The number of carbonyl (C=O) groups excluding carboxylic acids is 2. The smallest absolute Gasteiger partial charge is 0.327 e. The number of aliphatic carboxylic acids is 1. The number of amides is 2. The molecule has 0 spiro atoms. The second-order valence-corrected chi connectivity index (χ2v) is 9.79. The molecule has 2 aromatic rings. The lowest BCUT2D eigenvalue weighted by Gasteiger charge is -2.43. The van der Waals surface area contributed by atoms with Gasteiger partial charge in [0.2, 0.25) is 5.91 Å². The first-order valence-electron chi connectivity index (χ1n) is 9.45. The summed E-state index contributed by atoms with van der Waals surface area (Å²) in [5.74, 6) is -3.08. The minimum Gasteiger partial charge on any atom is -0.505 e. The van der Waals surface area contributed by atoms with E-state index in [-0.39, 0.29) is 0 Å². The molecule has 2 aliphatic heterocycles. The van der Waals surface area contributed by atoms with Gasteiger partial charge in [0, 0.05) is 10.8 Å². The maximum atomic E-state index is 12.8. The van der Waals surface area contributed by atoms with Crippen molar-refractivity contribution in [2.24, 2.45) is 0 Å². The molecule has 10 nitrogen and oxygen atoms in total. The Morgan fingerprint density at radius 2 is 1.94 bits per heavy atom. The zero-order valence-corrected chi connectivity index (χ0v) is 17.7. The van der Waals surface area contributed by atoms with Crippen molar-refractivity contribution in [3.63, 3.8) is 0 Å². The molecule has 162 valence electrons. The van der Waals surface area contributed by atoms with Gasteiger partial charge in [-0.3, -0.25) is 14.4 Å². The van der Waals surface area contributed by atoms with Gasteiger partial charge in [0.1, 0.15) is 17.5 Å². The number of aromatic hydroxyl groups is 1. The van der Waals surface area contributed by atoms with Crippen LogP contribution in [0.1, 0.15) is 29.9 Å². The minimum absolute atomic E-state index is 0.413. The largest absolute Gasteiger partial charge is 0.505 e. The SMILES string of the molecule is Cc1cccc(-n2nc(C(=O)N[C@@H]3C(=O)N4[C@@H]3SC(C)(C)[C@@H]4C(=O)O)c(O)cc2=O)c1. The van der Waals surface area contributed by atoms with Gasteiger partial charge < -0.3 is 20.4 Å². The molecule has 1 aromatic heterocycles. The van der Waals surface area contributed by atoms with Crippen LogP contribution in [0.4, 0.5) is 0 Å². The molecule has 11 heteroatoms. The van der Waals surface area contributed by atoms with Crippen molar-refractivity contribution in [3.8, 4) is 11.4 Å². The second kappa shape index (κ2) is 7.12. The molecule has 0 aliphatic carbocycles. The lowest BCUT2D eigenvalue weighted by atomic mass is 9.96. The number of nitrogens with one attached hydrogen (secondary N) is 1. The topological polar surface area (TPSA) is 142 Å². The van der Waals surface area contributed by atoms with E-state index in [0.717, 1.165) is 16.3 Å². The van der Waals surface area contributed by atoms with Gasteiger partial charge in [-0.2, -0.15) is 9.78 Å². The molecule has 0 bridgehead atoms. The number of aryl methyl sites for hydroxylation is 1. The van der Waals surface area contributed by atoms with Crippen molar-refractivity contribution in [3.05, 3.63) is 51.9 Å². The van der Waals surface area contributed by atoms with Gasteiger partial charge in [-0.15, -0.1) is 11.8 Å². The van der Waals surface area contributed by atoms with E-state index in [4.69, 9.17) is 0 Å². The summed E-state index contributed by atoms with van der Waals surface area (Å²) in [4.78, 5) is 50.5.